The molecule has 1 atom stereocenters. The fourth-order valence-corrected chi connectivity index (χ4v) is 3.07. The molecule has 0 amide bonds. The molecule has 0 heterocycles. The minimum Gasteiger partial charge on any atom is -0.313 e. The Morgan fingerprint density at radius 3 is 2.53 bits per heavy atom. The van der Waals surface area contributed by atoms with Crippen LogP contribution in [-0.2, 0) is 0 Å². The summed E-state index contributed by atoms with van der Waals surface area (Å²) >= 11 is 0. The molecular weight excluding hydrogens is 206 g/mol. The average molecular weight is 231 g/mol. The second-order valence-electron chi connectivity index (χ2n) is 5.33. The molecular formula is C16H25N. The fourth-order valence-electron chi connectivity index (χ4n) is 3.07. The van der Waals surface area contributed by atoms with E-state index in [1.807, 2.05) is 0 Å². The zero-order chi connectivity index (χ0) is 11.9. The summed E-state index contributed by atoms with van der Waals surface area (Å²) in [6.45, 7) is 0. The molecule has 1 aromatic carbocycles. The van der Waals surface area contributed by atoms with E-state index >= 15 is 0 Å². The molecule has 1 aromatic rings. The smallest absolute Gasteiger partial charge is 0.0317 e. The van der Waals surface area contributed by atoms with E-state index in [0.717, 1.165) is 5.92 Å². The van der Waals surface area contributed by atoms with Crippen LogP contribution < -0.4 is 5.32 Å². The Balaban J connectivity index is 1.75. The van der Waals surface area contributed by atoms with E-state index in [1.54, 1.807) is 0 Å². The van der Waals surface area contributed by atoms with E-state index in [2.05, 4.69) is 42.7 Å². The third-order valence-electron chi connectivity index (χ3n) is 4.13. The second-order valence-corrected chi connectivity index (χ2v) is 5.33. The molecule has 2 rings (SSSR count). The van der Waals surface area contributed by atoms with Crippen molar-refractivity contribution in [2.75, 3.05) is 7.05 Å². The van der Waals surface area contributed by atoms with E-state index < -0.39 is 0 Å². The van der Waals surface area contributed by atoms with Gasteiger partial charge >= 0.3 is 0 Å². The Bertz CT molecular complexity index is 301. The molecule has 1 N–H and O–H groups in total. The number of rotatable bonds is 6. The van der Waals surface area contributed by atoms with E-state index in [1.165, 1.54) is 50.5 Å². The summed E-state index contributed by atoms with van der Waals surface area (Å²) in [6.07, 6.45) is 9.98. The fraction of sp³-hybridized carbons (Fsp3) is 0.625. The van der Waals surface area contributed by atoms with Gasteiger partial charge in [-0.3, -0.25) is 0 Å². The Kier molecular flexibility index (Phi) is 5.06. The van der Waals surface area contributed by atoms with Crippen LogP contribution in [0.15, 0.2) is 30.3 Å². The molecule has 1 nitrogen and oxygen atoms in total. The average Bonchev–Trinajstić information content (AvgIpc) is 2.89. The summed E-state index contributed by atoms with van der Waals surface area (Å²) < 4.78 is 0. The molecule has 0 aromatic heterocycles. The topological polar surface area (TPSA) is 12.0 Å². The van der Waals surface area contributed by atoms with Gasteiger partial charge in [0.2, 0.25) is 0 Å². The van der Waals surface area contributed by atoms with Crippen LogP contribution in [0.1, 0.15) is 56.6 Å². The van der Waals surface area contributed by atoms with Gasteiger partial charge in [-0.05, 0) is 24.9 Å². The maximum Gasteiger partial charge on any atom is 0.0317 e. The number of nitrogens with one attached hydrogen (secondary N) is 1. The molecule has 1 fully saturated rings. The lowest BCUT2D eigenvalue weighted by molar-refractivity contribution is 0.436. The Hall–Kier alpha value is -0.820. The monoisotopic (exact) mass is 231 g/mol. The van der Waals surface area contributed by atoms with Gasteiger partial charge in [0.25, 0.3) is 0 Å². The predicted octanol–water partition coefficient (Wildman–Crippen LogP) is 4.31. The summed E-state index contributed by atoms with van der Waals surface area (Å²) in [7, 11) is 2.08. The van der Waals surface area contributed by atoms with Crippen molar-refractivity contribution in [1.82, 2.24) is 5.32 Å². The molecule has 17 heavy (non-hydrogen) atoms. The summed E-state index contributed by atoms with van der Waals surface area (Å²) in [5.74, 6) is 1.03. The van der Waals surface area contributed by atoms with Gasteiger partial charge < -0.3 is 5.32 Å². The van der Waals surface area contributed by atoms with E-state index in [0.29, 0.717) is 6.04 Å². The maximum absolute atomic E-state index is 3.44. The number of benzene rings is 1. The van der Waals surface area contributed by atoms with Gasteiger partial charge in [-0.25, -0.2) is 0 Å². The molecule has 0 aliphatic heterocycles. The summed E-state index contributed by atoms with van der Waals surface area (Å²) in [5.41, 5.74) is 1.43. The largest absolute Gasteiger partial charge is 0.313 e. The Morgan fingerprint density at radius 1 is 1.18 bits per heavy atom. The molecule has 0 radical (unpaired) electrons. The summed E-state index contributed by atoms with van der Waals surface area (Å²) in [6, 6.07) is 11.4. The van der Waals surface area contributed by atoms with Crippen molar-refractivity contribution in [2.24, 2.45) is 5.92 Å². The van der Waals surface area contributed by atoms with Gasteiger partial charge in [0, 0.05) is 6.04 Å². The first-order chi connectivity index (χ1) is 8.40. The van der Waals surface area contributed by atoms with E-state index in [4.69, 9.17) is 0 Å². The molecule has 0 saturated heterocycles. The van der Waals surface area contributed by atoms with Gasteiger partial charge in [-0.15, -0.1) is 0 Å². The van der Waals surface area contributed by atoms with Gasteiger partial charge in [-0.1, -0.05) is 68.9 Å². The molecule has 0 bridgehead atoms. The minimum absolute atomic E-state index is 0.539. The first-order valence-corrected chi connectivity index (χ1v) is 7.12. The maximum atomic E-state index is 3.44. The van der Waals surface area contributed by atoms with E-state index in [-0.39, 0.29) is 0 Å². The first kappa shape index (κ1) is 12.6. The highest BCUT2D eigenvalue weighted by atomic mass is 14.9. The molecule has 1 aliphatic rings. The normalized spacial score (nSPS) is 18.4. The van der Waals surface area contributed by atoms with Gasteiger partial charge in [0.1, 0.15) is 0 Å². The minimum atomic E-state index is 0.539. The zero-order valence-electron chi connectivity index (χ0n) is 11.0. The van der Waals surface area contributed by atoms with Crippen LogP contribution >= 0.6 is 0 Å². The van der Waals surface area contributed by atoms with E-state index in [9.17, 15) is 0 Å². The highest BCUT2D eigenvalue weighted by Gasteiger charge is 2.15. The third kappa shape index (κ3) is 3.85. The van der Waals surface area contributed by atoms with Crippen LogP contribution in [0, 0.1) is 5.92 Å². The van der Waals surface area contributed by atoms with Crippen molar-refractivity contribution in [3.8, 4) is 0 Å². The van der Waals surface area contributed by atoms with Crippen LogP contribution in [0.2, 0.25) is 0 Å². The lowest BCUT2D eigenvalue weighted by Crippen LogP contribution is -2.16. The quantitative estimate of drug-likeness (QED) is 0.769. The van der Waals surface area contributed by atoms with Crippen LogP contribution in [-0.4, -0.2) is 7.05 Å². The van der Waals surface area contributed by atoms with Gasteiger partial charge in [-0.2, -0.15) is 0 Å². The second kappa shape index (κ2) is 6.80. The highest BCUT2D eigenvalue weighted by molar-refractivity contribution is 5.18. The first-order valence-electron chi connectivity index (χ1n) is 7.12. The van der Waals surface area contributed by atoms with Crippen molar-refractivity contribution >= 4 is 0 Å². The van der Waals surface area contributed by atoms with Crippen molar-refractivity contribution in [2.45, 2.75) is 51.0 Å². The van der Waals surface area contributed by atoms with Crippen molar-refractivity contribution < 1.29 is 0 Å². The summed E-state index contributed by atoms with van der Waals surface area (Å²) in [4.78, 5) is 0. The highest BCUT2D eigenvalue weighted by Crippen LogP contribution is 2.30. The lowest BCUT2D eigenvalue weighted by atomic mass is 9.96. The zero-order valence-corrected chi connectivity index (χ0v) is 11.0. The van der Waals surface area contributed by atoms with Crippen molar-refractivity contribution in [3.63, 3.8) is 0 Å². The SMILES string of the molecule is CNC(CCCC1CCCC1)c1ccccc1. The predicted molar refractivity (Wildman–Crippen MR) is 74.1 cm³/mol. The molecule has 1 heteroatoms. The van der Waals surface area contributed by atoms with Gasteiger partial charge in [0.15, 0.2) is 0 Å². The molecule has 94 valence electrons. The third-order valence-corrected chi connectivity index (χ3v) is 4.13. The van der Waals surface area contributed by atoms with Gasteiger partial charge in [0.05, 0.1) is 0 Å². The lowest BCUT2D eigenvalue weighted by Gasteiger charge is -2.17. The van der Waals surface area contributed by atoms with Crippen LogP contribution in [0.25, 0.3) is 0 Å². The number of hydrogen-bond donors (Lipinski definition) is 1. The standard InChI is InChI=1S/C16H25N/c1-17-16(15-11-3-2-4-12-15)13-7-10-14-8-5-6-9-14/h2-4,11-12,14,16-17H,5-10,13H2,1H3. The molecule has 1 aliphatic carbocycles. The van der Waals surface area contributed by atoms with Crippen LogP contribution in [0.5, 0.6) is 0 Å². The van der Waals surface area contributed by atoms with Crippen molar-refractivity contribution in [3.05, 3.63) is 35.9 Å². The molecule has 0 spiro atoms. The number of hydrogen-bond acceptors (Lipinski definition) is 1. The Morgan fingerprint density at radius 2 is 1.88 bits per heavy atom. The molecule has 1 unspecified atom stereocenters. The van der Waals surface area contributed by atoms with Crippen molar-refractivity contribution in [1.29, 1.82) is 0 Å². The Labute approximate surface area is 106 Å². The molecule has 1 saturated carbocycles. The summed E-state index contributed by atoms with van der Waals surface area (Å²) in [5, 5.41) is 3.44. The van der Waals surface area contributed by atoms with Crippen LogP contribution in [0.4, 0.5) is 0 Å². The van der Waals surface area contributed by atoms with Crippen LogP contribution in [0.3, 0.4) is 0 Å².